The Morgan fingerprint density at radius 3 is 2.60 bits per heavy atom. The molecule has 0 saturated heterocycles. The van der Waals surface area contributed by atoms with Gasteiger partial charge in [-0.3, -0.25) is 0 Å². The molecule has 15 heavy (non-hydrogen) atoms. The van der Waals surface area contributed by atoms with Crippen molar-refractivity contribution in [1.29, 1.82) is 0 Å². The van der Waals surface area contributed by atoms with Crippen molar-refractivity contribution in [3.8, 4) is 0 Å². The van der Waals surface area contributed by atoms with E-state index in [-0.39, 0.29) is 5.75 Å². The van der Waals surface area contributed by atoms with Gasteiger partial charge in [0.2, 0.25) is 0 Å². The van der Waals surface area contributed by atoms with Crippen LogP contribution in [-0.2, 0) is 9.84 Å². The molecule has 0 bridgehead atoms. The van der Waals surface area contributed by atoms with Crippen molar-refractivity contribution in [3.05, 3.63) is 22.4 Å². The van der Waals surface area contributed by atoms with Crippen molar-refractivity contribution in [2.75, 3.05) is 5.75 Å². The smallest absolute Gasteiger partial charge is 0.180 e. The fraction of sp³-hybridized carbons (Fsp3) is 0.500. The summed E-state index contributed by atoms with van der Waals surface area (Å²) in [7, 11) is -3.16. The first kappa shape index (κ1) is 11.1. The molecule has 5 heteroatoms. The number of nitrogens with zero attached hydrogens (tertiary/aromatic N) is 1. The van der Waals surface area contributed by atoms with Crippen LogP contribution in [0.5, 0.6) is 0 Å². The normalized spacial score (nSPS) is 16.7. The third-order valence-corrected chi connectivity index (χ3v) is 5.17. The minimum atomic E-state index is -3.16. The van der Waals surface area contributed by atoms with E-state index in [0.717, 1.165) is 5.69 Å². The van der Waals surface area contributed by atoms with Gasteiger partial charge in [-0.1, -0.05) is 6.92 Å². The molecule has 0 atom stereocenters. The van der Waals surface area contributed by atoms with Crippen LogP contribution >= 0.6 is 15.9 Å². The molecule has 0 spiro atoms. The molecule has 1 fully saturated rings. The minimum absolute atomic E-state index is 0.107. The van der Waals surface area contributed by atoms with Crippen LogP contribution in [0, 0.1) is 0 Å². The molecular formula is C10H12BrNO2S. The molecule has 0 N–H and O–H groups in total. The minimum Gasteiger partial charge on any atom is -0.244 e. The van der Waals surface area contributed by atoms with Gasteiger partial charge in [0.15, 0.2) is 9.84 Å². The average Bonchev–Trinajstić information content (AvgIpc) is 3.00. The molecule has 0 radical (unpaired) electrons. The van der Waals surface area contributed by atoms with E-state index in [9.17, 15) is 8.42 Å². The van der Waals surface area contributed by atoms with Gasteiger partial charge in [-0.05, 0) is 40.9 Å². The van der Waals surface area contributed by atoms with Gasteiger partial charge >= 0.3 is 0 Å². The highest BCUT2D eigenvalue weighted by atomic mass is 79.9. The maximum Gasteiger partial charge on any atom is 0.180 e. The number of hydrogen-bond donors (Lipinski definition) is 0. The summed E-state index contributed by atoms with van der Waals surface area (Å²) in [6.07, 6.45) is 2.33. The van der Waals surface area contributed by atoms with E-state index in [0.29, 0.717) is 15.4 Å². The SMILES string of the molecule is CCS(=O)(=O)c1ccc(C2CC2)nc1Br. The van der Waals surface area contributed by atoms with E-state index in [1.54, 1.807) is 13.0 Å². The summed E-state index contributed by atoms with van der Waals surface area (Å²) in [6, 6.07) is 3.48. The standard InChI is InChI=1S/C10H12BrNO2S/c1-2-15(13,14)9-6-5-8(7-3-4-7)12-10(9)11/h5-7H,2-4H2,1H3. The highest BCUT2D eigenvalue weighted by molar-refractivity contribution is 9.10. The van der Waals surface area contributed by atoms with Crippen LogP contribution in [-0.4, -0.2) is 19.2 Å². The predicted molar refractivity (Wildman–Crippen MR) is 61.6 cm³/mol. The molecule has 0 unspecified atom stereocenters. The highest BCUT2D eigenvalue weighted by Crippen LogP contribution is 2.40. The number of hydrogen-bond acceptors (Lipinski definition) is 3. The molecular weight excluding hydrogens is 278 g/mol. The van der Waals surface area contributed by atoms with Crippen molar-refractivity contribution in [3.63, 3.8) is 0 Å². The van der Waals surface area contributed by atoms with E-state index in [1.165, 1.54) is 12.8 Å². The summed E-state index contributed by atoms with van der Waals surface area (Å²) in [5, 5.41) is 0. The summed E-state index contributed by atoms with van der Waals surface area (Å²) in [6.45, 7) is 1.64. The molecule has 2 rings (SSSR count). The molecule has 1 aromatic heterocycles. The molecule has 1 aliphatic carbocycles. The zero-order chi connectivity index (χ0) is 11.1. The van der Waals surface area contributed by atoms with Crippen LogP contribution in [0.25, 0.3) is 0 Å². The van der Waals surface area contributed by atoms with Crippen molar-refractivity contribution in [1.82, 2.24) is 4.98 Å². The van der Waals surface area contributed by atoms with Gasteiger partial charge in [-0.15, -0.1) is 0 Å². The molecule has 0 amide bonds. The maximum absolute atomic E-state index is 11.6. The van der Waals surface area contributed by atoms with E-state index < -0.39 is 9.84 Å². The van der Waals surface area contributed by atoms with Crippen LogP contribution in [0.2, 0.25) is 0 Å². The average molecular weight is 290 g/mol. The molecule has 3 nitrogen and oxygen atoms in total. The topological polar surface area (TPSA) is 47.0 Å². The number of rotatable bonds is 3. The number of halogens is 1. The first-order valence-corrected chi connectivity index (χ1v) is 7.38. The number of sulfone groups is 1. The number of pyridine rings is 1. The van der Waals surface area contributed by atoms with Gasteiger partial charge in [0.05, 0.1) is 10.6 Å². The molecule has 1 aromatic rings. The molecule has 1 aliphatic rings. The summed E-state index contributed by atoms with van der Waals surface area (Å²) in [5.74, 6) is 0.649. The summed E-state index contributed by atoms with van der Waals surface area (Å²) < 4.78 is 23.7. The third-order valence-electron chi connectivity index (χ3n) is 2.55. The van der Waals surface area contributed by atoms with Crippen molar-refractivity contribution >= 4 is 25.8 Å². The maximum atomic E-state index is 11.6. The van der Waals surface area contributed by atoms with E-state index >= 15 is 0 Å². The first-order chi connectivity index (χ1) is 7.04. The molecule has 0 aliphatic heterocycles. The lowest BCUT2D eigenvalue weighted by atomic mass is 10.2. The fourth-order valence-electron chi connectivity index (χ4n) is 1.43. The molecule has 0 aromatic carbocycles. The predicted octanol–water partition coefficient (Wildman–Crippen LogP) is 2.52. The Balaban J connectivity index is 2.42. The quantitative estimate of drug-likeness (QED) is 0.804. The van der Waals surface area contributed by atoms with Crippen LogP contribution in [0.15, 0.2) is 21.6 Å². The summed E-state index contributed by atoms with van der Waals surface area (Å²) in [4.78, 5) is 4.59. The largest absolute Gasteiger partial charge is 0.244 e. The number of aromatic nitrogens is 1. The van der Waals surface area contributed by atoms with Gasteiger partial charge in [-0.2, -0.15) is 0 Å². The van der Waals surface area contributed by atoms with Crippen LogP contribution < -0.4 is 0 Å². The van der Waals surface area contributed by atoms with Crippen LogP contribution in [0.3, 0.4) is 0 Å². The Morgan fingerprint density at radius 1 is 1.47 bits per heavy atom. The second kappa shape index (κ2) is 3.87. The lowest BCUT2D eigenvalue weighted by Crippen LogP contribution is -2.06. The van der Waals surface area contributed by atoms with Gasteiger partial charge in [0.1, 0.15) is 4.60 Å². The summed E-state index contributed by atoms with van der Waals surface area (Å²) >= 11 is 3.23. The van der Waals surface area contributed by atoms with E-state index in [2.05, 4.69) is 20.9 Å². The Kier molecular flexibility index (Phi) is 2.85. The zero-order valence-corrected chi connectivity index (χ0v) is 10.8. The second-order valence-corrected chi connectivity index (χ2v) is 6.70. The van der Waals surface area contributed by atoms with Crippen LogP contribution in [0.4, 0.5) is 0 Å². The van der Waals surface area contributed by atoms with E-state index in [4.69, 9.17) is 0 Å². The fourth-order valence-corrected chi connectivity index (χ4v) is 3.39. The lowest BCUT2D eigenvalue weighted by molar-refractivity contribution is 0.596. The third kappa shape index (κ3) is 2.23. The van der Waals surface area contributed by atoms with Gasteiger partial charge < -0.3 is 0 Å². The lowest BCUT2D eigenvalue weighted by Gasteiger charge is -2.05. The Hall–Kier alpha value is -0.420. The zero-order valence-electron chi connectivity index (χ0n) is 8.40. The van der Waals surface area contributed by atoms with Gasteiger partial charge in [0.25, 0.3) is 0 Å². The highest BCUT2D eigenvalue weighted by Gasteiger charge is 2.26. The second-order valence-electron chi connectivity index (χ2n) is 3.70. The Morgan fingerprint density at radius 2 is 2.13 bits per heavy atom. The van der Waals surface area contributed by atoms with Crippen molar-refractivity contribution in [2.24, 2.45) is 0 Å². The molecule has 1 heterocycles. The van der Waals surface area contributed by atoms with Crippen LogP contribution in [0.1, 0.15) is 31.4 Å². The Bertz CT molecular complexity index is 480. The Labute approximate surface area is 98.0 Å². The van der Waals surface area contributed by atoms with Gasteiger partial charge in [0, 0.05) is 11.6 Å². The first-order valence-electron chi connectivity index (χ1n) is 4.94. The summed E-state index contributed by atoms with van der Waals surface area (Å²) in [5.41, 5.74) is 0.997. The van der Waals surface area contributed by atoms with Gasteiger partial charge in [-0.25, -0.2) is 13.4 Å². The van der Waals surface area contributed by atoms with E-state index in [1.807, 2.05) is 6.07 Å². The van der Waals surface area contributed by atoms with Crippen molar-refractivity contribution < 1.29 is 8.42 Å². The molecule has 82 valence electrons. The molecule has 1 saturated carbocycles. The monoisotopic (exact) mass is 289 g/mol. The van der Waals surface area contributed by atoms with Crippen molar-refractivity contribution in [2.45, 2.75) is 30.6 Å².